The van der Waals surface area contributed by atoms with E-state index in [9.17, 15) is 9.59 Å². The molecule has 0 fully saturated rings. The number of pyridine rings is 1. The average Bonchev–Trinajstić information content (AvgIpc) is 2.53. The Bertz CT molecular complexity index is 762. The first kappa shape index (κ1) is 15.4. The summed E-state index contributed by atoms with van der Waals surface area (Å²) in [6.45, 7) is 1.83. The molecule has 0 atom stereocenters. The molecule has 22 heavy (non-hydrogen) atoms. The quantitative estimate of drug-likeness (QED) is 0.640. The molecule has 0 spiro atoms. The van der Waals surface area contributed by atoms with Crippen molar-refractivity contribution in [3.63, 3.8) is 0 Å². The van der Waals surface area contributed by atoms with Crippen LogP contribution in [0.2, 0.25) is 0 Å². The Morgan fingerprint density at radius 2 is 2.05 bits per heavy atom. The molecule has 0 unspecified atom stereocenters. The summed E-state index contributed by atoms with van der Waals surface area (Å²) in [6, 6.07) is 12.2. The van der Waals surface area contributed by atoms with Crippen LogP contribution in [0.3, 0.4) is 0 Å². The van der Waals surface area contributed by atoms with Gasteiger partial charge in [-0.15, -0.1) is 0 Å². The van der Waals surface area contributed by atoms with Gasteiger partial charge in [-0.2, -0.15) is 5.26 Å². The van der Waals surface area contributed by atoms with Crippen LogP contribution in [-0.2, 0) is 0 Å². The second-order valence-electron chi connectivity index (χ2n) is 4.92. The summed E-state index contributed by atoms with van der Waals surface area (Å²) in [7, 11) is 1.50. The third-order valence-corrected chi connectivity index (χ3v) is 3.19. The summed E-state index contributed by atoms with van der Waals surface area (Å²) >= 11 is 0. The predicted octanol–water partition coefficient (Wildman–Crippen LogP) is 2.22. The molecule has 2 aromatic rings. The number of benzene rings is 1. The predicted molar refractivity (Wildman–Crippen MR) is 81.4 cm³/mol. The third kappa shape index (κ3) is 3.18. The van der Waals surface area contributed by atoms with Crippen LogP contribution in [0.15, 0.2) is 42.6 Å². The molecule has 0 radical (unpaired) electrons. The summed E-state index contributed by atoms with van der Waals surface area (Å²) in [5, 5.41) is 8.69. The zero-order valence-electron chi connectivity index (χ0n) is 12.4. The van der Waals surface area contributed by atoms with Crippen LogP contribution < -0.4 is 0 Å². The summed E-state index contributed by atoms with van der Waals surface area (Å²) in [6.07, 6.45) is 1.46. The summed E-state index contributed by atoms with van der Waals surface area (Å²) in [4.78, 5) is 30.2. The third-order valence-electron chi connectivity index (χ3n) is 3.19. The van der Waals surface area contributed by atoms with Gasteiger partial charge in [0.25, 0.3) is 5.91 Å². The van der Waals surface area contributed by atoms with Crippen LogP contribution in [0.25, 0.3) is 0 Å². The van der Waals surface area contributed by atoms with Gasteiger partial charge in [0, 0.05) is 18.8 Å². The Balaban J connectivity index is 2.43. The average molecular weight is 293 g/mol. The van der Waals surface area contributed by atoms with E-state index in [1.165, 1.54) is 18.1 Å². The van der Waals surface area contributed by atoms with E-state index < -0.39 is 5.91 Å². The molecule has 5 heteroatoms. The second kappa shape index (κ2) is 6.64. The molecule has 0 N–H and O–H groups in total. The van der Waals surface area contributed by atoms with E-state index in [1.807, 2.05) is 19.1 Å². The minimum Gasteiger partial charge on any atom is -0.327 e. The van der Waals surface area contributed by atoms with E-state index in [0.29, 0.717) is 5.56 Å². The standard InChI is InChI=1S/C17H15N3O2/c1-12-5-3-6-13(11-12)16(21)14-7-4-9-19-15(14)17(22)20(2)10-8-18/h3-7,9,11H,10H2,1-2H3. The van der Waals surface area contributed by atoms with Crippen LogP contribution in [0, 0.1) is 18.3 Å². The zero-order valence-corrected chi connectivity index (χ0v) is 12.4. The SMILES string of the molecule is Cc1cccc(C(=O)c2cccnc2C(=O)N(C)CC#N)c1. The number of hydrogen-bond acceptors (Lipinski definition) is 4. The molecule has 1 aromatic heterocycles. The van der Waals surface area contributed by atoms with Crippen LogP contribution in [0.4, 0.5) is 0 Å². The molecular weight excluding hydrogens is 278 g/mol. The van der Waals surface area contributed by atoms with Gasteiger partial charge in [0.15, 0.2) is 5.78 Å². The van der Waals surface area contributed by atoms with Crippen molar-refractivity contribution in [3.05, 3.63) is 65.0 Å². The first-order valence-corrected chi connectivity index (χ1v) is 6.73. The first-order valence-electron chi connectivity index (χ1n) is 6.73. The topological polar surface area (TPSA) is 74.1 Å². The number of carbonyl (C=O) groups excluding carboxylic acids is 2. The van der Waals surface area contributed by atoms with E-state index in [1.54, 1.807) is 30.3 Å². The molecule has 2 rings (SSSR count). The smallest absolute Gasteiger partial charge is 0.273 e. The molecule has 0 aliphatic rings. The number of amides is 1. The highest BCUT2D eigenvalue weighted by Crippen LogP contribution is 2.15. The number of carbonyl (C=O) groups is 2. The lowest BCUT2D eigenvalue weighted by atomic mass is 10.00. The second-order valence-corrected chi connectivity index (χ2v) is 4.92. The lowest BCUT2D eigenvalue weighted by molar-refractivity contribution is 0.0801. The van der Waals surface area contributed by atoms with Gasteiger partial charge in [0.2, 0.25) is 0 Å². The lowest BCUT2D eigenvalue weighted by Crippen LogP contribution is -2.29. The molecule has 1 aromatic carbocycles. The largest absolute Gasteiger partial charge is 0.327 e. The summed E-state index contributed by atoms with van der Waals surface area (Å²) < 4.78 is 0. The number of hydrogen-bond donors (Lipinski definition) is 0. The Morgan fingerprint density at radius 1 is 1.27 bits per heavy atom. The lowest BCUT2D eigenvalue weighted by Gasteiger charge is -2.14. The number of nitriles is 1. The molecule has 1 amide bonds. The summed E-state index contributed by atoms with van der Waals surface area (Å²) in [5.41, 5.74) is 1.77. The number of aromatic nitrogens is 1. The number of ketones is 1. The van der Waals surface area contributed by atoms with Gasteiger partial charge >= 0.3 is 0 Å². The van der Waals surface area contributed by atoms with Crippen LogP contribution >= 0.6 is 0 Å². The van der Waals surface area contributed by atoms with Crippen molar-refractivity contribution in [2.45, 2.75) is 6.92 Å². The van der Waals surface area contributed by atoms with Crippen LogP contribution in [0.5, 0.6) is 0 Å². The minimum absolute atomic E-state index is 0.0618. The fourth-order valence-corrected chi connectivity index (χ4v) is 2.06. The highest BCUT2D eigenvalue weighted by atomic mass is 16.2. The Labute approximate surface area is 128 Å². The van der Waals surface area contributed by atoms with E-state index in [0.717, 1.165) is 5.56 Å². The normalized spacial score (nSPS) is 9.86. The van der Waals surface area contributed by atoms with Crippen molar-refractivity contribution in [1.29, 1.82) is 5.26 Å². The van der Waals surface area contributed by atoms with Crippen molar-refractivity contribution in [3.8, 4) is 6.07 Å². The van der Waals surface area contributed by atoms with Gasteiger partial charge < -0.3 is 4.90 Å². The van der Waals surface area contributed by atoms with Gasteiger partial charge in [-0.3, -0.25) is 14.6 Å². The van der Waals surface area contributed by atoms with Crippen molar-refractivity contribution >= 4 is 11.7 Å². The van der Waals surface area contributed by atoms with E-state index in [-0.39, 0.29) is 23.6 Å². The Kier molecular flexibility index (Phi) is 4.64. The maximum atomic E-state index is 12.6. The number of nitrogens with zero attached hydrogens (tertiary/aromatic N) is 3. The Hall–Kier alpha value is -3.00. The minimum atomic E-state index is -0.446. The zero-order chi connectivity index (χ0) is 16.1. The van der Waals surface area contributed by atoms with Crippen LogP contribution in [0.1, 0.15) is 32.0 Å². The molecule has 5 nitrogen and oxygen atoms in total. The Morgan fingerprint density at radius 3 is 2.73 bits per heavy atom. The van der Waals surface area contributed by atoms with Crippen molar-refractivity contribution in [1.82, 2.24) is 9.88 Å². The molecule has 1 heterocycles. The van der Waals surface area contributed by atoms with Gasteiger partial charge in [0.05, 0.1) is 11.6 Å². The fourth-order valence-electron chi connectivity index (χ4n) is 2.06. The molecular formula is C17H15N3O2. The van der Waals surface area contributed by atoms with Crippen molar-refractivity contribution < 1.29 is 9.59 Å². The number of rotatable bonds is 4. The molecule has 110 valence electrons. The molecule has 0 saturated heterocycles. The first-order chi connectivity index (χ1) is 10.5. The van der Waals surface area contributed by atoms with Gasteiger partial charge in [-0.1, -0.05) is 23.8 Å². The maximum Gasteiger partial charge on any atom is 0.273 e. The van der Waals surface area contributed by atoms with E-state index in [4.69, 9.17) is 5.26 Å². The molecule has 0 bridgehead atoms. The summed E-state index contributed by atoms with van der Waals surface area (Å²) in [5.74, 6) is -0.705. The highest BCUT2D eigenvalue weighted by Gasteiger charge is 2.22. The van der Waals surface area contributed by atoms with Crippen molar-refractivity contribution in [2.75, 3.05) is 13.6 Å². The van der Waals surface area contributed by atoms with E-state index >= 15 is 0 Å². The molecule has 0 aliphatic heterocycles. The molecule has 0 aliphatic carbocycles. The fraction of sp³-hybridized carbons (Fsp3) is 0.176. The highest BCUT2D eigenvalue weighted by molar-refractivity contribution is 6.14. The maximum absolute atomic E-state index is 12.6. The van der Waals surface area contributed by atoms with Gasteiger partial charge in [-0.25, -0.2) is 0 Å². The van der Waals surface area contributed by atoms with E-state index in [2.05, 4.69) is 4.98 Å². The number of aryl methyl sites for hydroxylation is 1. The van der Waals surface area contributed by atoms with Gasteiger partial charge in [-0.05, 0) is 25.1 Å². The van der Waals surface area contributed by atoms with Gasteiger partial charge in [0.1, 0.15) is 12.2 Å². The van der Waals surface area contributed by atoms with Crippen LogP contribution in [-0.4, -0.2) is 35.2 Å². The monoisotopic (exact) mass is 293 g/mol. The molecule has 0 saturated carbocycles. The van der Waals surface area contributed by atoms with Crippen molar-refractivity contribution in [2.24, 2.45) is 0 Å².